The second-order valence-corrected chi connectivity index (χ2v) is 6.35. The van der Waals surface area contributed by atoms with Crippen molar-refractivity contribution in [1.82, 2.24) is 10.3 Å². The van der Waals surface area contributed by atoms with Gasteiger partial charge in [0, 0.05) is 10.9 Å². The van der Waals surface area contributed by atoms with E-state index in [1.54, 1.807) is 36.4 Å². The maximum atomic E-state index is 12.7. The van der Waals surface area contributed by atoms with Crippen LogP contribution in [0.15, 0.2) is 78.4 Å². The molecule has 1 aliphatic heterocycles. The first-order chi connectivity index (χ1) is 13.0. The fourth-order valence-electron chi connectivity index (χ4n) is 2.98. The number of benzene rings is 2. The van der Waals surface area contributed by atoms with Gasteiger partial charge in [0.25, 0.3) is 11.7 Å². The number of nitrogens with zero attached hydrogens (tertiary/aromatic N) is 1. The quantitative estimate of drug-likeness (QED) is 0.749. The molecule has 0 saturated heterocycles. The SMILES string of the molecule is CC1(c2ccc3ccccc3n2)OC(NC(=O)c2ccccc2)=C(O)C1=O. The number of ether oxygens (including phenoxy) is 1. The Balaban J connectivity index is 1.64. The molecule has 2 heterocycles. The topological polar surface area (TPSA) is 88.5 Å². The van der Waals surface area contributed by atoms with Crippen molar-refractivity contribution < 1.29 is 19.4 Å². The summed E-state index contributed by atoms with van der Waals surface area (Å²) < 4.78 is 5.69. The van der Waals surface area contributed by atoms with E-state index in [-0.39, 0.29) is 5.88 Å². The minimum Gasteiger partial charge on any atom is -0.501 e. The standard InChI is InChI=1S/C21H16N2O4/c1-21(16-12-11-13-7-5-6-10-15(13)22-16)18(25)17(24)20(27-21)23-19(26)14-8-3-2-4-9-14/h2-12,24H,1H3,(H,23,26). The lowest BCUT2D eigenvalue weighted by Crippen LogP contribution is -2.33. The molecule has 0 saturated carbocycles. The third-order valence-electron chi connectivity index (χ3n) is 4.52. The number of fused-ring (bicyclic) bond motifs is 1. The second-order valence-electron chi connectivity index (χ2n) is 6.35. The van der Waals surface area contributed by atoms with Crippen LogP contribution in [-0.4, -0.2) is 21.8 Å². The molecule has 1 amide bonds. The smallest absolute Gasteiger partial charge is 0.258 e. The van der Waals surface area contributed by atoms with Crippen molar-refractivity contribution in [3.05, 3.63) is 89.6 Å². The Morgan fingerprint density at radius 1 is 1.04 bits per heavy atom. The second kappa shape index (κ2) is 6.25. The summed E-state index contributed by atoms with van der Waals surface area (Å²) in [5.74, 6) is -2.04. The van der Waals surface area contributed by atoms with Crippen molar-refractivity contribution in [2.45, 2.75) is 12.5 Å². The molecule has 6 nitrogen and oxygen atoms in total. The number of pyridine rings is 1. The lowest BCUT2D eigenvalue weighted by atomic mass is 9.95. The molecular formula is C21H16N2O4. The van der Waals surface area contributed by atoms with Crippen LogP contribution in [0.5, 0.6) is 0 Å². The van der Waals surface area contributed by atoms with Crippen LogP contribution in [0.4, 0.5) is 0 Å². The Bertz CT molecular complexity index is 1090. The zero-order valence-corrected chi connectivity index (χ0v) is 14.5. The Morgan fingerprint density at radius 3 is 2.52 bits per heavy atom. The number of carbonyl (C=O) groups is 2. The van der Waals surface area contributed by atoms with E-state index in [9.17, 15) is 14.7 Å². The van der Waals surface area contributed by atoms with Gasteiger partial charge in [0.05, 0.1) is 11.2 Å². The van der Waals surface area contributed by atoms with Gasteiger partial charge >= 0.3 is 0 Å². The fourth-order valence-corrected chi connectivity index (χ4v) is 2.98. The number of carbonyl (C=O) groups excluding carboxylic acids is 2. The maximum absolute atomic E-state index is 12.7. The van der Waals surface area contributed by atoms with Crippen molar-refractivity contribution in [3.63, 3.8) is 0 Å². The van der Waals surface area contributed by atoms with E-state index < -0.39 is 23.1 Å². The molecule has 2 N–H and O–H groups in total. The van der Waals surface area contributed by atoms with Gasteiger partial charge in [-0.15, -0.1) is 0 Å². The van der Waals surface area contributed by atoms with Crippen LogP contribution in [0.3, 0.4) is 0 Å². The lowest BCUT2D eigenvalue weighted by molar-refractivity contribution is -0.132. The molecule has 1 unspecified atom stereocenters. The molecule has 0 spiro atoms. The zero-order valence-electron chi connectivity index (χ0n) is 14.5. The molecule has 134 valence electrons. The van der Waals surface area contributed by atoms with Gasteiger partial charge in [0.15, 0.2) is 0 Å². The maximum Gasteiger partial charge on any atom is 0.258 e. The Hall–Kier alpha value is -3.67. The summed E-state index contributed by atoms with van der Waals surface area (Å²) in [5.41, 5.74) is -0.0881. The molecule has 0 aliphatic carbocycles. The zero-order chi connectivity index (χ0) is 19.0. The number of aliphatic hydroxyl groups excluding tert-OH is 1. The molecule has 2 aromatic carbocycles. The van der Waals surface area contributed by atoms with Crippen LogP contribution in [0.2, 0.25) is 0 Å². The van der Waals surface area contributed by atoms with Crippen LogP contribution < -0.4 is 5.32 Å². The van der Waals surface area contributed by atoms with Gasteiger partial charge in [-0.05, 0) is 31.2 Å². The van der Waals surface area contributed by atoms with Crippen molar-refractivity contribution in [3.8, 4) is 0 Å². The van der Waals surface area contributed by atoms with Crippen LogP contribution in [-0.2, 0) is 15.1 Å². The monoisotopic (exact) mass is 360 g/mol. The van der Waals surface area contributed by atoms with Gasteiger partial charge in [-0.2, -0.15) is 0 Å². The van der Waals surface area contributed by atoms with Gasteiger partial charge in [0.1, 0.15) is 0 Å². The normalized spacial score (nSPS) is 19.2. The Labute approximate surface area is 155 Å². The van der Waals surface area contributed by atoms with Crippen molar-refractivity contribution in [2.24, 2.45) is 0 Å². The first-order valence-electron chi connectivity index (χ1n) is 8.39. The van der Waals surface area contributed by atoms with Crippen LogP contribution in [0.25, 0.3) is 10.9 Å². The van der Waals surface area contributed by atoms with E-state index in [2.05, 4.69) is 10.3 Å². The highest BCUT2D eigenvalue weighted by atomic mass is 16.5. The van der Waals surface area contributed by atoms with E-state index in [1.807, 2.05) is 30.3 Å². The molecular weight excluding hydrogens is 344 g/mol. The largest absolute Gasteiger partial charge is 0.501 e. The van der Waals surface area contributed by atoms with Gasteiger partial charge in [-0.25, -0.2) is 4.98 Å². The average molecular weight is 360 g/mol. The molecule has 0 radical (unpaired) electrons. The van der Waals surface area contributed by atoms with Crippen molar-refractivity contribution in [2.75, 3.05) is 0 Å². The van der Waals surface area contributed by atoms with Crippen LogP contribution in [0.1, 0.15) is 23.0 Å². The molecule has 4 rings (SSSR count). The third kappa shape index (κ3) is 2.81. The highest BCUT2D eigenvalue weighted by Crippen LogP contribution is 2.36. The lowest BCUT2D eigenvalue weighted by Gasteiger charge is -2.22. The number of nitrogens with one attached hydrogen (secondary N) is 1. The number of hydrogen-bond acceptors (Lipinski definition) is 5. The molecule has 6 heteroatoms. The summed E-state index contributed by atoms with van der Waals surface area (Å²) in [5, 5.41) is 13.6. The molecule has 27 heavy (non-hydrogen) atoms. The molecule has 1 atom stereocenters. The van der Waals surface area contributed by atoms with Crippen molar-refractivity contribution >= 4 is 22.6 Å². The van der Waals surface area contributed by atoms with Gasteiger partial charge < -0.3 is 9.84 Å². The molecule has 3 aromatic rings. The Morgan fingerprint density at radius 2 is 1.74 bits per heavy atom. The number of hydrogen-bond donors (Lipinski definition) is 2. The van der Waals surface area contributed by atoms with E-state index in [1.165, 1.54) is 6.92 Å². The van der Waals surface area contributed by atoms with Gasteiger partial charge in [-0.1, -0.05) is 42.5 Å². The Kier molecular flexibility index (Phi) is 3.88. The molecule has 0 bridgehead atoms. The summed E-state index contributed by atoms with van der Waals surface area (Å²) in [6.07, 6.45) is 0. The summed E-state index contributed by atoms with van der Waals surface area (Å²) in [4.78, 5) is 29.5. The molecule has 0 fully saturated rings. The van der Waals surface area contributed by atoms with E-state index in [0.717, 1.165) is 5.39 Å². The minimum absolute atomic E-state index is 0.272. The van der Waals surface area contributed by atoms with E-state index in [4.69, 9.17) is 4.74 Å². The number of rotatable bonds is 3. The molecule has 1 aromatic heterocycles. The van der Waals surface area contributed by atoms with E-state index >= 15 is 0 Å². The number of para-hydroxylation sites is 1. The number of amides is 1. The minimum atomic E-state index is -1.52. The predicted octanol–water partition coefficient (Wildman–Crippen LogP) is 3.21. The predicted molar refractivity (Wildman–Crippen MR) is 98.8 cm³/mol. The summed E-state index contributed by atoms with van der Waals surface area (Å²) in [6, 6.07) is 19.4. The van der Waals surface area contributed by atoms with Crippen LogP contribution >= 0.6 is 0 Å². The fraction of sp³-hybridized carbons (Fsp3) is 0.0952. The first kappa shape index (κ1) is 16.8. The van der Waals surface area contributed by atoms with Gasteiger partial charge in [-0.3, -0.25) is 14.9 Å². The molecule has 1 aliphatic rings. The number of aliphatic hydroxyl groups is 1. The van der Waals surface area contributed by atoms with Gasteiger partial charge in [0.2, 0.25) is 17.2 Å². The average Bonchev–Trinajstić information content (AvgIpc) is 2.93. The highest BCUT2D eigenvalue weighted by molar-refractivity contribution is 6.04. The summed E-state index contributed by atoms with van der Waals surface area (Å²) in [7, 11) is 0. The number of aromatic nitrogens is 1. The number of ketones is 1. The highest BCUT2D eigenvalue weighted by Gasteiger charge is 2.49. The first-order valence-corrected chi connectivity index (χ1v) is 8.39. The summed E-state index contributed by atoms with van der Waals surface area (Å²) >= 11 is 0. The van der Waals surface area contributed by atoms with E-state index in [0.29, 0.717) is 16.8 Å². The third-order valence-corrected chi connectivity index (χ3v) is 4.52. The number of Topliss-reactive ketones (excluding diaryl/α,β-unsaturated/α-hetero) is 1. The summed E-state index contributed by atoms with van der Waals surface area (Å²) in [6.45, 7) is 1.52. The van der Waals surface area contributed by atoms with Crippen molar-refractivity contribution in [1.29, 1.82) is 0 Å². The van der Waals surface area contributed by atoms with Crippen LogP contribution in [0, 0.1) is 0 Å².